The molecule has 0 atom stereocenters. The number of rotatable bonds is 1. The molecule has 90 valence electrons. The highest BCUT2D eigenvalue weighted by Gasteiger charge is 2.12. The summed E-state index contributed by atoms with van der Waals surface area (Å²) in [6.07, 6.45) is 0. The Balaban J connectivity index is 2.26. The third kappa shape index (κ3) is 1.62. The third-order valence-electron chi connectivity index (χ3n) is 2.95. The summed E-state index contributed by atoms with van der Waals surface area (Å²) >= 11 is 0. The molecule has 0 saturated heterocycles. The second-order valence-corrected chi connectivity index (χ2v) is 4.38. The molecule has 0 unspecified atom stereocenters. The molecule has 0 saturated carbocycles. The fourth-order valence-corrected chi connectivity index (χ4v) is 2.01. The molecule has 0 aliphatic carbocycles. The SMILES string of the molecule is Cc1ccc(O)c(-c2nc3c(C)cccc3[nH]2)n1. The zero-order valence-corrected chi connectivity index (χ0v) is 10.2. The first-order chi connectivity index (χ1) is 8.65. The summed E-state index contributed by atoms with van der Waals surface area (Å²) in [6.45, 7) is 3.90. The molecule has 18 heavy (non-hydrogen) atoms. The van der Waals surface area contributed by atoms with Crippen LogP contribution in [0.2, 0.25) is 0 Å². The van der Waals surface area contributed by atoms with Gasteiger partial charge >= 0.3 is 0 Å². The molecule has 0 fully saturated rings. The fraction of sp³-hybridized carbons (Fsp3) is 0.143. The summed E-state index contributed by atoms with van der Waals surface area (Å²) in [6, 6.07) is 9.36. The number of nitrogens with zero attached hydrogens (tertiary/aromatic N) is 2. The lowest BCUT2D eigenvalue weighted by molar-refractivity contribution is 0.474. The predicted molar refractivity (Wildman–Crippen MR) is 70.5 cm³/mol. The number of aromatic amines is 1. The Bertz CT molecular complexity index is 731. The largest absolute Gasteiger partial charge is 0.506 e. The van der Waals surface area contributed by atoms with Crippen LogP contribution >= 0.6 is 0 Å². The molecule has 2 N–H and O–H groups in total. The highest BCUT2D eigenvalue weighted by atomic mass is 16.3. The van der Waals surface area contributed by atoms with Crippen molar-refractivity contribution in [3.63, 3.8) is 0 Å². The van der Waals surface area contributed by atoms with Gasteiger partial charge < -0.3 is 10.1 Å². The van der Waals surface area contributed by atoms with Gasteiger partial charge in [-0.1, -0.05) is 12.1 Å². The molecule has 2 heterocycles. The molecular weight excluding hydrogens is 226 g/mol. The van der Waals surface area contributed by atoms with Crippen LogP contribution in [0.15, 0.2) is 30.3 Å². The quantitative estimate of drug-likeness (QED) is 0.686. The van der Waals surface area contributed by atoms with Crippen molar-refractivity contribution in [3.8, 4) is 17.3 Å². The van der Waals surface area contributed by atoms with Crippen LogP contribution in [-0.4, -0.2) is 20.1 Å². The van der Waals surface area contributed by atoms with Gasteiger partial charge in [-0.3, -0.25) is 0 Å². The molecule has 0 spiro atoms. The van der Waals surface area contributed by atoms with Gasteiger partial charge in [-0.2, -0.15) is 0 Å². The minimum atomic E-state index is 0.136. The molecule has 3 rings (SSSR count). The van der Waals surface area contributed by atoms with Crippen molar-refractivity contribution >= 4 is 11.0 Å². The number of imidazole rings is 1. The molecule has 0 amide bonds. The van der Waals surface area contributed by atoms with Crippen LogP contribution in [0.4, 0.5) is 0 Å². The van der Waals surface area contributed by atoms with Crippen LogP contribution in [-0.2, 0) is 0 Å². The predicted octanol–water partition coefficient (Wildman–Crippen LogP) is 2.95. The van der Waals surface area contributed by atoms with Gasteiger partial charge in [-0.05, 0) is 37.6 Å². The Kier molecular flexibility index (Phi) is 2.30. The number of aromatic hydroxyl groups is 1. The van der Waals surface area contributed by atoms with E-state index >= 15 is 0 Å². The highest BCUT2D eigenvalue weighted by Crippen LogP contribution is 2.27. The minimum Gasteiger partial charge on any atom is -0.506 e. The number of para-hydroxylation sites is 1. The summed E-state index contributed by atoms with van der Waals surface area (Å²) in [5, 5.41) is 9.86. The summed E-state index contributed by atoms with van der Waals surface area (Å²) in [5.41, 5.74) is 4.30. The van der Waals surface area contributed by atoms with Gasteiger partial charge in [-0.15, -0.1) is 0 Å². The summed E-state index contributed by atoms with van der Waals surface area (Å²) < 4.78 is 0. The van der Waals surface area contributed by atoms with Gasteiger partial charge in [0.2, 0.25) is 0 Å². The van der Waals surface area contributed by atoms with Crippen LogP contribution in [0.5, 0.6) is 5.75 Å². The Labute approximate surface area is 104 Å². The van der Waals surface area contributed by atoms with E-state index in [-0.39, 0.29) is 5.75 Å². The number of hydrogen-bond donors (Lipinski definition) is 2. The molecule has 0 radical (unpaired) electrons. The maximum atomic E-state index is 9.86. The normalized spacial score (nSPS) is 11.0. The van der Waals surface area contributed by atoms with Gasteiger partial charge in [0.15, 0.2) is 5.82 Å². The molecule has 3 aromatic rings. The minimum absolute atomic E-state index is 0.136. The lowest BCUT2D eigenvalue weighted by Crippen LogP contribution is -1.89. The molecule has 0 aliphatic heterocycles. The lowest BCUT2D eigenvalue weighted by atomic mass is 10.2. The van der Waals surface area contributed by atoms with Gasteiger partial charge in [0.25, 0.3) is 0 Å². The number of fused-ring (bicyclic) bond motifs is 1. The van der Waals surface area contributed by atoms with Crippen LogP contribution in [0.25, 0.3) is 22.6 Å². The van der Waals surface area contributed by atoms with E-state index in [0.29, 0.717) is 11.5 Å². The highest BCUT2D eigenvalue weighted by molar-refractivity contribution is 5.82. The maximum absolute atomic E-state index is 9.86. The van der Waals surface area contributed by atoms with Gasteiger partial charge in [0, 0.05) is 5.69 Å². The zero-order chi connectivity index (χ0) is 12.7. The average Bonchev–Trinajstić information content (AvgIpc) is 2.77. The third-order valence-corrected chi connectivity index (χ3v) is 2.95. The zero-order valence-electron chi connectivity index (χ0n) is 10.2. The number of pyridine rings is 1. The van der Waals surface area contributed by atoms with Crippen LogP contribution in [0, 0.1) is 13.8 Å². The summed E-state index contributed by atoms with van der Waals surface area (Å²) in [7, 11) is 0. The molecule has 4 nitrogen and oxygen atoms in total. The number of aryl methyl sites for hydroxylation is 2. The van der Waals surface area contributed by atoms with E-state index in [9.17, 15) is 5.11 Å². The number of aromatic nitrogens is 3. The second kappa shape index (κ2) is 3.84. The van der Waals surface area contributed by atoms with E-state index in [2.05, 4.69) is 15.0 Å². The second-order valence-electron chi connectivity index (χ2n) is 4.38. The topological polar surface area (TPSA) is 61.8 Å². The van der Waals surface area contributed by atoms with E-state index in [1.54, 1.807) is 12.1 Å². The van der Waals surface area contributed by atoms with Crippen LogP contribution in [0.1, 0.15) is 11.3 Å². The monoisotopic (exact) mass is 239 g/mol. The number of H-pyrrole nitrogens is 1. The summed E-state index contributed by atoms with van der Waals surface area (Å²) in [5.74, 6) is 0.734. The maximum Gasteiger partial charge on any atom is 0.161 e. The van der Waals surface area contributed by atoms with E-state index in [0.717, 1.165) is 22.3 Å². The molecule has 4 heteroatoms. The number of nitrogens with one attached hydrogen (secondary N) is 1. The molecular formula is C14H13N3O. The van der Waals surface area contributed by atoms with Crippen molar-refractivity contribution in [2.75, 3.05) is 0 Å². The Morgan fingerprint density at radius 1 is 1.06 bits per heavy atom. The summed E-state index contributed by atoms with van der Waals surface area (Å²) in [4.78, 5) is 12.0. The van der Waals surface area contributed by atoms with E-state index < -0.39 is 0 Å². The van der Waals surface area contributed by atoms with E-state index in [1.807, 2.05) is 32.0 Å². The molecule has 1 aromatic carbocycles. The van der Waals surface area contributed by atoms with Crippen molar-refractivity contribution < 1.29 is 5.11 Å². The number of hydrogen-bond acceptors (Lipinski definition) is 3. The molecule has 2 aromatic heterocycles. The Hall–Kier alpha value is -2.36. The average molecular weight is 239 g/mol. The smallest absolute Gasteiger partial charge is 0.161 e. The van der Waals surface area contributed by atoms with Crippen molar-refractivity contribution in [1.29, 1.82) is 0 Å². The van der Waals surface area contributed by atoms with Crippen molar-refractivity contribution in [2.24, 2.45) is 0 Å². The standard InChI is InChI=1S/C14H13N3O/c1-8-4-3-5-10-12(8)17-14(16-10)13-11(18)7-6-9(2)15-13/h3-7,18H,1-2H3,(H,16,17). The van der Waals surface area contributed by atoms with E-state index in [4.69, 9.17) is 0 Å². The van der Waals surface area contributed by atoms with Crippen molar-refractivity contribution in [2.45, 2.75) is 13.8 Å². The van der Waals surface area contributed by atoms with Crippen molar-refractivity contribution in [1.82, 2.24) is 15.0 Å². The molecule has 0 aliphatic rings. The first kappa shape index (κ1) is 10.8. The van der Waals surface area contributed by atoms with Gasteiger partial charge in [0.1, 0.15) is 11.4 Å². The van der Waals surface area contributed by atoms with Crippen LogP contribution < -0.4 is 0 Å². The van der Waals surface area contributed by atoms with E-state index in [1.165, 1.54) is 0 Å². The lowest BCUT2D eigenvalue weighted by Gasteiger charge is -2.00. The molecule has 0 bridgehead atoms. The fourth-order valence-electron chi connectivity index (χ4n) is 2.01. The number of benzene rings is 1. The van der Waals surface area contributed by atoms with Crippen LogP contribution in [0.3, 0.4) is 0 Å². The van der Waals surface area contributed by atoms with Gasteiger partial charge in [0.05, 0.1) is 11.0 Å². The first-order valence-electron chi connectivity index (χ1n) is 5.77. The Morgan fingerprint density at radius 3 is 2.67 bits per heavy atom. The first-order valence-corrected chi connectivity index (χ1v) is 5.77. The Morgan fingerprint density at radius 2 is 1.89 bits per heavy atom. The van der Waals surface area contributed by atoms with Crippen molar-refractivity contribution in [3.05, 3.63) is 41.6 Å². The van der Waals surface area contributed by atoms with Gasteiger partial charge in [-0.25, -0.2) is 9.97 Å².